The van der Waals surface area contributed by atoms with E-state index in [1.54, 1.807) is 13.1 Å². The lowest BCUT2D eigenvalue weighted by Gasteiger charge is -2.03. The van der Waals surface area contributed by atoms with E-state index in [9.17, 15) is 4.79 Å². The van der Waals surface area contributed by atoms with E-state index in [4.69, 9.17) is 4.74 Å². The summed E-state index contributed by atoms with van der Waals surface area (Å²) in [5.41, 5.74) is 0.881. The van der Waals surface area contributed by atoms with Crippen LogP contribution in [0.4, 0.5) is 4.79 Å². The molecule has 0 saturated carbocycles. The zero-order valence-corrected chi connectivity index (χ0v) is 9.93. The van der Waals surface area contributed by atoms with E-state index in [1.165, 1.54) is 4.57 Å². The van der Waals surface area contributed by atoms with Crippen LogP contribution in [0.3, 0.4) is 0 Å². The molecule has 0 spiro atoms. The highest BCUT2D eigenvalue weighted by molar-refractivity contribution is 5.89. The number of hydrogen-bond acceptors (Lipinski definition) is 2. The van der Waals surface area contributed by atoms with Crippen LogP contribution in [0.25, 0.3) is 10.9 Å². The van der Waals surface area contributed by atoms with E-state index in [2.05, 4.69) is 0 Å². The highest BCUT2D eigenvalue weighted by Crippen LogP contribution is 2.14. The maximum atomic E-state index is 11.5. The summed E-state index contributed by atoms with van der Waals surface area (Å²) in [4.78, 5) is 11.5. The van der Waals surface area contributed by atoms with Crippen molar-refractivity contribution in [3.8, 4) is 0 Å². The highest BCUT2D eigenvalue weighted by atomic mass is 16.5. The van der Waals surface area contributed by atoms with Gasteiger partial charge in [0.2, 0.25) is 0 Å². The van der Waals surface area contributed by atoms with Crippen LogP contribution >= 0.6 is 0 Å². The molecule has 1 aromatic heterocycles. The standard InChI is InChI=1S/C11H11NO2.C2H6/c1-2-14-11(13)12-8-7-9-5-3-4-6-10(9)12;1-2/h3-8H,2H2,1H3;1-2H3. The van der Waals surface area contributed by atoms with Crippen LogP contribution in [0.2, 0.25) is 0 Å². The minimum atomic E-state index is -0.325. The molecule has 0 radical (unpaired) electrons. The van der Waals surface area contributed by atoms with Crippen LogP contribution in [-0.4, -0.2) is 17.3 Å². The van der Waals surface area contributed by atoms with Gasteiger partial charge in [-0.3, -0.25) is 4.57 Å². The first-order valence-corrected chi connectivity index (χ1v) is 5.56. The van der Waals surface area contributed by atoms with Crippen LogP contribution < -0.4 is 0 Å². The number of aromatic nitrogens is 1. The Morgan fingerprint density at radius 1 is 1.25 bits per heavy atom. The van der Waals surface area contributed by atoms with Gasteiger partial charge in [-0.05, 0) is 19.1 Å². The number of carbonyl (C=O) groups is 1. The van der Waals surface area contributed by atoms with Gasteiger partial charge in [0.1, 0.15) is 0 Å². The number of carbonyl (C=O) groups excluding carboxylic acids is 1. The Hall–Kier alpha value is -1.77. The summed E-state index contributed by atoms with van der Waals surface area (Å²) in [6.45, 7) is 6.19. The fourth-order valence-corrected chi connectivity index (χ4v) is 1.44. The van der Waals surface area contributed by atoms with E-state index < -0.39 is 0 Å². The predicted molar refractivity (Wildman–Crippen MR) is 65.7 cm³/mol. The molecule has 0 fully saturated rings. The Morgan fingerprint density at radius 2 is 1.94 bits per heavy atom. The van der Waals surface area contributed by atoms with Gasteiger partial charge in [-0.1, -0.05) is 32.0 Å². The van der Waals surface area contributed by atoms with Crippen molar-refractivity contribution < 1.29 is 9.53 Å². The zero-order chi connectivity index (χ0) is 12.0. The normalized spacial score (nSPS) is 9.44. The first-order chi connectivity index (χ1) is 7.83. The van der Waals surface area contributed by atoms with Crippen LogP contribution in [0.5, 0.6) is 0 Å². The lowest BCUT2D eigenvalue weighted by molar-refractivity contribution is 0.155. The maximum Gasteiger partial charge on any atom is 0.418 e. The molecule has 0 N–H and O–H groups in total. The van der Waals surface area contributed by atoms with E-state index in [0.717, 1.165) is 10.9 Å². The lowest BCUT2D eigenvalue weighted by Crippen LogP contribution is -2.11. The van der Waals surface area contributed by atoms with Crippen molar-refractivity contribution in [2.24, 2.45) is 0 Å². The van der Waals surface area contributed by atoms with Crippen molar-refractivity contribution >= 4 is 17.0 Å². The fraction of sp³-hybridized carbons (Fsp3) is 0.308. The molecule has 0 aliphatic heterocycles. The molecular weight excluding hydrogens is 202 g/mol. The van der Waals surface area contributed by atoms with Gasteiger partial charge in [-0.15, -0.1) is 0 Å². The Balaban J connectivity index is 0.000000606. The average molecular weight is 219 g/mol. The molecule has 0 amide bonds. The van der Waals surface area contributed by atoms with Crippen molar-refractivity contribution in [2.45, 2.75) is 20.8 Å². The second kappa shape index (κ2) is 5.95. The van der Waals surface area contributed by atoms with Crippen LogP contribution in [0.1, 0.15) is 20.8 Å². The van der Waals surface area contributed by atoms with Gasteiger partial charge in [0.25, 0.3) is 0 Å². The van der Waals surface area contributed by atoms with E-state index in [0.29, 0.717) is 6.61 Å². The smallest absolute Gasteiger partial charge is 0.418 e. The summed E-state index contributed by atoms with van der Waals surface area (Å²) >= 11 is 0. The lowest BCUT2D eigenvalue weighted by atomic mass is 10.2. The summed E-state index contributed by atoms with van der Waals surface area (Å²) in [6.07, 6.45) is 1.40. The molecule has 1 heterocycles. The first kappa shape index (κ1) is 12.3. The monoisotopic (exact) mass is 219 g/mol. The minimum absolute atomic E-state index is 0.325. The number of nitrogens with zero attached hydrogens (tertiary/aromatic N) is 1. The number of para-hydroxylation sites is 1. The number of benzene rings is 1. The van der Waals surface area contributed by atoms with Crippen LogP contribution in [0, 0.1) is 0 Å². The Morgan fingerprint density at radius 3 is 2.62 bits per heavy atom. The first-order valence-electron chi connectivity index (χ1n) is 5.56. The molecule has 0 atom stereocenters. The van der Waals surface area contributed by atoms with Gasteiger partial charge in [0.15, 0.2) is 0 Å². The Labute approximate surface area is 95.6 Å². The summed E-state index contributed by atoms with van der Waals surface area (Å²) < 4.78 is 6.43. The third-order valence-corrected chi connectivity index (χ3v) is 2.06. The number of fused-ring (bicyclic) bond motifs is 1. The molecule has 86 valence electrons. The van der Waals surface area contributed by atoms with Gasteiger partial charge in [-0.2, -0.15) is 0 Å². The van der Waals surface area contributed by atoms with Crippen molar-refractivity contribution in [3.05, 3.63) is 36.5 Å². The summed E-state index contributed by atoms with van der Waals surface area (Å²) in [7, 11) is 0. The molecule has 1 aromatic carbocycles. The molecule has 16 heavy (non-hydrogen) atoms. The number of rotatable bonds is 1. The van der Waals surface area contributed by atoms with E-state index in [-0.39, 0.29) is 6.09 Å². The molecule has 3 heteroatoms. The topological polar surface area (TPSA) is 31.2 Å². The molecule has 0 bridgehead atoms. The van der Waals surface area contributed by atoms with Gasteiger partial charge in [-0.25, -0.2) is 4.79 Å². The highest BCUT2D eigenvalue weighted by Gasteiger charge is 2.07. The third kappa shape index (κ3) is 2.42. The van der Waals surface area contributed by atoms with Crippen LogP contribution in [-0.2, 0) is 4.74 Å². The van der Waals surface area contributed by atoms with Gasteiger partial charge >= 0.3 is 6.09 Å². The summed E-state index contributed by atoms with van der Waals surface area (Å²) in [6, 6.07) is 9.60. The molecule has 0 saturated heterocycles. The van der Waals surface area contributed by atoms with Gasteiger partial charge in [0.05, 0.1) is 12.1 Å². The Kier molecular flexibility index (Phi) is 4.58. The number of hydrogen-bond donors (Lipinski definition) is 0. The van der Waals surface area contributed by atoms with Crippen molar-refractivity contribution in [1.82, 2.24) is 4.57 Å². The van der Waals surface area contributed by atoms with Crippen LogP contribution in [0.15, 0.2) is 36.5 Å². The second-order valence-electron chi connectivity index (χ2n) is 2.94. The molecule has 0 aliphatic carbocycles. The quantitative estimate of drug-likeness (QED) is 0.732. The van der Waals surface area contributed by atoms with Crippen molar-refractivity contribution in [3.63, 3.8) is 0 Å². The predicted octanol–water partition coefficient (Wildman–Crippen LogP) is 3.67. The van der Waals surface area contributed by atoms with Crippen molar-refractivity contribution in [1.29, 1.82) is 0 Å². The zero-order valence-electron chi connectivity index (χ0n) is 9.93. The summed E-state index contributed by atoms with van der Waals surface area (Å²) in [5.74, 6) is 0. The van der Waals surface area contributed by atoms with Crippen molar-refractivity contribution in [2.75, 3.05) is 6.61 Å². The molecular formula is C13H17NO2. The largest absolute Gasteiger partial charge is 0.449 e. The second-order valence-corrected chi connectivity index (χ2v) is 2.94. The minimum Gasteiger partial charge on any atom is -0.449 e. The van der Waals surface area contributed by atoms with E-state index in [1.807, 2.05) is 44.2 Å². The van der Waals surface area contributed by atoms with Gasteiger partial charge in [0, 0.05) is 11.6 Å². The fourth-order valence-electron chi connectivity index (χ4n) is 1.44. The summed E-state index contributed by atoms with van der Waals surface area (Å²) in [5, 5.41) is 1.04. The van der Waals surface area contributed by atoms with E-state index >= 15 is 0 Å². The maximum absolute atomic E-state index is 11.5. The molecule has 2 aromatic rings. The molecule has 0 unspecified atom stereocenters. The van der Waals surface area contributed by atoms with Gasteiger partial charge < -0.3 is 4.74 Å². The SMILES string of the molecule is CC.CCOC(=O)n1ccc2ccccc21. The molecule has 0 aliphatic rings. The third-order valence-electron chi connectivity index (χ3n) is 2.06. The number of ether oxygens (including phenoxy) is 1. The average Bonchev–Trinajstić information content (AvgIpc) is 2.76. The molecule has 2 rings (SSSR count). The molecule has 3 nitrogen and oxygen atoms in total. The Bertz CT molecular complexity index is 460.